The average Bonchev–Trinajstić information content (AvgIpc) is 0.926. The van der Waals surface area contributed by atoms with Gasteiger partial charge in [-0.05, 0) is 168 Å². The summed E-state index contributed by atoms with van der Waals surface area (Å²) in [4.78, 5) is 108. The fourth-order valence-electron chi connectivity index (χ4n) is 13.9. The van der Waals surface area contributed by atoms with E-state index in [1.165, 1.54) is 46.5 Å². The predicted molar refractivity (Wildman–Crippen MR) is 420 cm³/mol. The highest BCUT2D eigenvalue weighted by atomic mass is 35.5. The summed E-state index contributed by atoms with van der Waals surface area (Å²) < 4.78 is 76.7. The molecule has 32 heteroatoms. The first kappa shape index (κ1) is 81.8. The number of aryl methyl sites for hydroxylation is 2. The lowest BCUT2D eigenvalue weighted by atomic mass is 9.78. The number of halogens is 5. The number of benzene rings is 2. The van der Waals surface area contributed by atoms with Gasteiger partial charge in [-0.15, -0.1) is 0 Å². The maximum atomic E-state index is 15.7. The number of ether oxygens (including phenoxy) is 6. The van der Waals surface area contributed by atoms with Gasteiger partial charge in [0.05, 0.1) is 85.2 Å². The zero-order valence-corrected chi connectivity index (χ0v) is 67.6. The second-order valence-electron chi connectivity index (χ2n) is 31.3. The molecule has 11 heterocycles. The van der Waals surface area contributed by atoms with Gasteiger partial charge in [0.25, 0.3) is 11.1 Å². The van der Waals surface area contributed by atoms with Crippen LogP contribution in [0.25, 0.3) is 44.7 Å². The Morgan fingerprint density at radius 1 is 0.609 bits per heavy atom. The van der Waals surface area contributed by atoms with E-state index in [0.717, 1.165) is 11.1 Å². The molecule has 0 unspecified atom stereocenters. The lowest BCUT2D eigenvalue weighted by molar-refractivity contribution is -0.119. The van der Waals surface area contributed by atoms with Crippen molar-refractivity contribution in [1.82, 2.24) is 38.9 Å². The van der Waals surface area contributed by atoms with E-state index in [9.17, 15) is 33.2 Å². The Hall–Kier alpha value is -9.23. The zero-order chi connectivity index (χ0) is 80.5. The van der Waals surface area contributed by atoms with Crippen molar-refractivity contribution in [3.05, 3.63) is 143 Å². The highest BCUT2D eigenvalue weighted by molar-refractivity contribution is 6.63. The van der Waals surface area contributed by atoms with Crippen LogP contribution in [0.4, 0.5) is 41.1 Å². The minimum absolute atomic E-state index is 0.00333. The Morgan fingerprint density at radius 2 is 1.03 bits per heavy atom. The maximum absolute atomic E-state index is 15.7. The molecule has 0 saturated carbocycles. The van der Waals surface area contributed by atoms with Crippen LogP contribution in [-0.4, -0.2) is 171 Å². The van der Waals surface area contributed by atoms with Gasteiger partial charge in [-0.2, -0.15) is 0 Å². The largest absolute Gasteiger partial charge is 0.501 e. The van der Waals surface area contributed by atoms with Crippen molar-refractivity contribution >= 4 is 116 Å². The molecule has 0 aliphatic carbocycles. The first-order chi connectivity index (χ1) is 51.6. The molecule has 2 aromatic carbocycles. The molecular weight excluding hydrogens is 1480 g/mol. The maximum Gasteiger partial charge on any atom is 0.501 e. The second kappa shape index (κ2) is 31.5. The topological polar surface area (TPSA) is 275 Å². The van der Waals surface area contributed by atoms with E-state index in [1.54, 1.807) is 95.2 Å². The van der Waals surface area contributed by atoms with Crippen molar-refractivity contribution in [3.63, 3.8) is 0 Å². The molecule has 2 N–H and O–H groups in total. The molecule has 3 fully saturated rings. The van der Waals surface area contributed by atoms with E-state index < -0.39 is 94.4 Å². The third-order valence-electron chi connectivity index (χ3n) is 19.7. The van der Waals surface area contributed by atoms with Crippen molar-refractivity contribution in [2.45, 2.75) is 183 Å². The summed E-state index contributed by atoms with van der Waals surface area (Å²) in [5, 5.41) is 7.01. The molecule has 110 heavy (non-hydrogen) atoms. The lowest BCUT2D eigenvalue weighted by Crippen LogP contribution is -2.65. The Morgan fingerprint density at radius 3 is 1.46 bits per heavy atom. The molecular formula is C78H92BCl3F2N12O14. The number of amides is 4. The van der Waals surface area contributed by atoms with E-state index >= 15 is 4.39 Å². The smallest absolute Gasteiger partial charge is 0.468 e. The number of pyridine rings is 6. The van der Waals surface area contributed by atoms with Gasteiger partial charge in [0.2, 0.25) is 11.8 Å². The number of rotatable bonds is 12. The number of aromatic nitrogens is 6. The summed E-state index contributed by atoms with van der Waals surface area (Å²) in [6.45, 7) is 34.3. The van der Waals surface area contributed by atoms with Crippen molar-refractivity contribution in [2.75, 3.05) is 74.4 Å². The first-order valence-corrected chi connectivity index (χ1v) is 37.2. The number of hydrogen-bond acceptors (Lipinski definition) is 20. The number of piperazine rings is 2. The molecule has 3 saturated heterocycles. The summed E-state index contributed by atoms with van der Waals surface area (Å²) in [6.07, 6.45) is 2.34. The highest BCUT2D eigenvalue weighted by Crippen LogP contribution is 2.47. The molecule has 4 amide bonds. The number of methoxy groups -OCH3 is 2. The van der Waals surface area contributed by atoms with Gasteiger partial charge < -0.3 is 68.0 Å². The Bertz CT molecular complexity index is 5070. The van der Waals surface area contributed by atoms with E-state index in [2.05, 4.69) is 25.6 Å². The second-order valence-corrected chi connectivity index (χ2v) is 32.5. The third-order valence-corrected chi connectivity index (χ3v) is 20.7. The average molecular weight is 1580 g/mol. The van der Waals surface area contributed by atoms with Crippen LogP contribution in [0.3, 0.4) is 0 Å². The predicted octanol–water partition coefficient (Wildman–Crippen LogP) is 13.8. The quantitative estimate of drug-likeness (QED) is 0.0653. The van der Waals surface area contributed by atoms with Gasteiger partial charge in [0.15, 0.2) is 24.9 Å². The number of fused-ring (bicyclic) bond motifs is 10. The van der Waals surface area contributed by atoms with Crippen LogP contribution in [-0.2, 0) is 37.8 Å². The summed E-state index contributed by atoms with van der Waals surface area (Å²) in [5.74, 6) is -1.49. The molecule has 13 rings (SSSR count). The summed E-state index contributed by atoms with van der Waals surface area (Å²) in [5.41, 5.74) is 2.30. The number of nitrogens with zero attached hydrogens (tertiary/aromatic N) is 10. The Labute approximate surface area is 652 Å². The van der Waals surface area contributed by atoms with Gasteiger partial charge in [-0.3, -0.25) is 38.3 Å². The van der Waals surface area contributed by atoms with Gasteiger partial charge in [0, 0.05) is 62.6 Å². The molecule has 26 nitrogen and oxygen atoms in total. The molecule has 4 atom stereocenters. The van der Waals surface area contributed by atoms with Gasteiger partial charge in [-0.25, -0.2) is 28.3 Å². The van der Waals surface area contributed by atoms with E-state index in [-0.39, 0.29) is 112 Å². The standard InChI is InChI=1S/C36H40ClFN6O6.C28H32Cl2N6O4.C14H20BFO4/c1-18(2)27-30(19(3)12-13-39-27)44-32-21(14-22(37)28(40-32)26-23(38)10-9-11-25(26)49-17-48-8)31-29(34(44)46)41-33(45)24-16-42(20(4)15-43(24)31)35(47)50-36(5,6)7;1-13(2)19-21(14(3)8-9-31-19)36-24-16(10-17(29)23(30)33-24)22-20(26(36)38)32-25(37)18-12-34(15(4)11-35(18)22)27(39)40-28(5,6)7;1-13(2)14(3,4)20-15(19-13)12-10(16)7-6-8-11(12)18-9-17-5/h9-14,18,20,24H,15-17H2,1-8H3,(H,41,45);8-10,13,15,18H,11-12H2,1-7H3,(H,32,37);6-8H,9H2,1-5H3/t20-,24-;15-,18-;/m11./s1. The fraction of sp³-hybridized carbons (Fsp3) is 0.462. The van der Waals surface area contributed by atoms with Crippen LogP contribution in [0.2, 0.25) is 15.2 Å². The van der Waals surface area contributed by atoms with Crippen LogP contribution >= 0.6 is 34.8 Å². The van der Waals surface area contributed by atoms with E-state index in [0.29, 0.717) is 56.3 Å². The monoisotopic (exact) mass is 1570 g/mol. The highest BCUT2D eigenvalue weighted by Gasteiger charge is 2.54. The summed E-state index contributed by atoms with van der Waals surface area (Å²) in [7, 11) is 2.16. The number of carbonyl (C=O) groups excluding carboxylic acids is 4. The Balaban J connectivity index is 0.000000178. The molecule has 0 radical (unpaired) electrons. The number of hydrogen-bond donors (Lipinski definition) is 2. The molecule has 5 aliphatic heterocycles. The van der Waals surface area contributed by atoms with Crippen molar-refractivity contribution in [2.24, 2.45) is 0 Å². The van der Waals surface area contributed by atoms with Crippen molar-refractivity contribution < 1.29 is 65.7 Å². The molecule has 8 aromatic rings. The SMILES string of the molecule is COCOc1cccc(F)c1-c1nc2c(cc1Cl)c1c(c(=O)n2-c2c(C)ccnc2C(C)C)NC(=O)[C@H]2CN(C(=O)OC(C)(C)C)[C@H](C)CN12.COCOc1cccc(F)c1B1OC(C)(C)C(C)(C)O1.Cc1ccnc(C(C)C)c1-n1c(=O)c2c(c3cc(Cl)c(Cl)nc31)N1C[C@@H](C)N(C(=O)OC(C)(C)C)C[C@@H]1C(=O)N2. The van der Waals surface area contributed by atoms with Gasteiger partial charge in [-0.1, -0.05) is 74.6 Å². The Kier molecular flexibility index (Phi) is 23.4. The number of carbonyl (C=O) groups is 4. The number of nitrogens with one attached hydrogen (secondary N) is 2. The van der Waals surface area contributed by atoms with Crippen LogP contribution in [0.15, 0.2) is 82.6 Å². The first-order valence-electron chi connectivity index (χ1n) is 36.1. The summed E-state index contributed by atoms with van der Waals surface area (Å²) >= 11 is 19.8. The molecule has 586 valence electrons. The van der Waals surface area contributed by atoms with Crippen molar-refractivity contribution in [3.8, 4) is 34.1 Å². The molecule has 5 aliphatic rings. The number of anilines is 4. The summed E-state index contributed by atoms with van der Waals surface area (Å²) in [6, 6.07) is 13.5. The molecule has 0 bridgehead atoms. The minimum atomic E-state index is -0.852. The molecule has 0 spiro atoms. The van der Waals surface area contributed by atoms with Gasteiger partial charge >= 0.3 is 19.3 Å². The van der Waals surface area contributed by atoms with Crippen LogP contribution in [0.5, 0.6) is 11.5 Å². The van der Waals surface area contributed by atoms with Crippen LogP contribution in [0, 0.1) is 25.5 Å². The van der Waals surface area contributed by atoms with E-state index in [1.807, 2.05) is 99.0 Å². The van der Waals surface area contributed by atoms with Crippen molar-refractivity contribution in [1.29, 1.82) is 0 Å². The third kappa shape index (κ3) is 15.9. The van der Waals surface area contributed by atoms with Crippen LogP contribution < -0.4 is 46.5 Å². The van der Waals surface area contributed by atoms with Crippen LogP contribution in [0.1, 0.15) is 145 Å². The zero-order valence-electron chi connectivity index (χ0n) is 65.3. The fourth-order valence-corrected chi connectivity index (χ4v) is 14.4. The van der Waals surface area contributed by atoms with Gasteiger partial charge in [0.1, 0.15) is 62.9 Å². The minimum Gasteiger partial charge on any atom is -0.468 e. The normalized spacial score (nSPS) is 18.5. The van der Waals surface area contributed by atoms with E-state index in [4.69, 9.17) is 77.5 Å². The lowest BCUT2D eigenvalue weighted by Gasteiger charge is -2.48. The molecule has 6 aromatic heterocycles.